The molecule has 5 rings (SSSR count). The zero-order chi connectivity index (χ0) is 14.0. The Hall–Kier alpha value is -1.99. The summed E-state index contributed by atoms with van der Waals surface area (Å²) in [5.41, 5.74) is 7.00. The number of hydrogen-bond donors (Lipinski definition) is 0. The molecule has 3 aromatic rings. The second-order valence-corrected chi connectivity index (χ2v) is 6.48. The smallest absolute Gasteiger partial charge is 0.0613 e. The van der Waals surface area contributed by atoms with Crippen molar-refractivity contribution in [2.75, 3.05) is 0 Å². The summed E-state index contributed by atoms with van der Waals surface area (Å²) in [4.78, 5) is 0. The average Bonchev–Trinajstić information content (AvgIpc) is 2.85. The molecule has 0 aliphatic heterocycles. The van der Waals surface area contributed by atoms with Gasteiger partial charge >= 0.3 is 0 Å². The van der Waals surface area contributed by atoms with Gasteiger partial charge < -0.3 is 0 Å². The Kier molecular flexibility index (Phi) is 2.23. The molecule has 0 fully saturated rings. The van der Waals surface area contributed by atoms with Crippen LogP contribution in [0, 0.1) is 0 Å². The molecule has 2 aliphatic carbocycles. The van der Waals surface area contributed by atoms with Gasteiger partial charge in [0.1, 0.15) is 4.48 Å². The summed E-state index contributed by atoms with van der Waals surface area (Å²) in [6, 6.07) is 24.2. The maximum Gasteiger partial charge on any atom is 0.112 e. The molecule has 1 atom stereocenters. The first-order valence-corrected chi connectivity index (χ1v) is 8.00. The van der Waals surface area contributed by atoms with Crippen molar-refractivity contribution in [3.8, 4) is 0 Å². The first-order chi connectivity index (χ1) is 10.4. The fraction of sp³-hybridized carbons (Fsp3) is 0.0500. The predicted octanol–water partition coefficient (Wildman–Crippen LogP) is 5.84. The van der Waals surface area contributed by atoms with E-state index in [0.29, 0.717) is 5.92 Å². The molecule has 0 radical (unpaired) electrons. The summed E-state index contributed by atoms with van der Waals surface area (Å²) in [7, 11) is 0. The number of allylic oxidation sites excluding steroid dienone is 1. The van der Waals surface area contributed by atoms with Crippen molar-refractivity contribution in [3.05, 3.63) is 89.0 Å². The molecule has 0 nitrogen and oxygen atoms in total. The average molecular weight is 332 g/mol. The third kappa shape index (κ3) is 1.37. The van der Waals surface area contributed by atoms with Gasteiger partial charge in [-0.1, -0.05) is 30.3 Å². The Morgan fingerprint density at radius 3 is 2.62 bits per heavy atom. The summed E-state index contributed by atoms with van der Waals surface area (Å²) in [5, 5.41) is 2.77. The first kappa shape index (κ1) is 11.6. The van der Waals surface area contributed by atoms with E-state index in [4.69, 9.17) is 0 Å². The van der Waals surface area contributed by atoms with Crippen LogP contribution >= 0.6 is 15.9 Å². The van der Waals surface area contributed by atoms with Gasteiger partial charge in [0.25, 0.3) is 0 Å². The second kappa shape index (κ2) is 4.02. The lowest BCUT2D eigenvalue weighted by atomic mass is 9.93. The summed E-state index contributed by atoms with van der Waals surface area (Å²) in [6.45, 7) is 0. The molecule has 21 heavy (non-hydrogen) atoms. The zero-order valence-electron chi connectivity index (χ0n) is 11.3. The molecular formula is C20H12Br+. The van der Waals surface area contributed by atoms with Crippen molar-refractivity contribution in [2.45, 2.75) is 5.92 Å². The summed E-state index contributed by atoms with van der Waals surface area (Å²) < 4.78 is 1.25. The van der Waals surface area contributed by atoms with Gasteiger partial charge in [0.15, 0.2) is 0 Å². The van der Waals surface area contributed by atoms with Crippen LogP contribution in [-0.2, 0) is 0 Å². The molecule has 0 saturated carbocycles. The maximum absolute atomic E-state index is 3.87. The lowest BCUT2D eigenvalue weighted by Gasteiger charge is -2.05. The number of fused-ring (bicyclic) bond motifs is 5. The van der Waals surface area contributed by atoms with Gasteiger partial charge in [-0.15, -0.1) is 0 Å². The summed E-state index contributed by atoms with van der Waals surface area (Å²) in [6.07, 6.45) is 0. The standard InChI is InChI=1S/C20H12Br/c21-20-14-9-3-1-2-8-13(14)18-15-10-4-6-12-7-5-11-16(17(12)15)19(18)20/h1-11,18H/q+1. The van der Waals surface area contributed by atoms with Crippen molar-refractivity contribution < 1.29 is 0 Å². The number of halogens is 1. The van der Waals surface area contributed by atoms with Crippen LogP contribution in [-0.4, -0.2) is 0 Å². The van der Waals surface area contributed by atoms with Crippen LogP contribution < -0.4 is 0 Å². The van der Waals surface area contributed by atoms with Crippen LogP contribution in [0.25, 0.3) is 20.8 Å². The highest BCUT2D eigenvalue weighted by atomic mass is 79.9. The molecule has 1 unspecified atom stereocenters. The highest BCUT2D eigenvalue weighted by Gasteiger charge is 2.43. The number of benzene rings is 2. The van der Waals surface area contributed by atoms with E-state index in [-0.39, 0.29) is 0 Å². The molecule has 3 aromatic carbocycles. The van der Waals surface area contributed by atoms with Gasteiger partial charge in [0, 0.05) is 29.1 Å². The van der Waals surface area contributed by atoms with Crippen LogP contribution in [0.4, 0.5) is 0 Å². The predicted molar refractivity (Wildman–Crippen MR) is 92.4 cm³/mol. The SMILES string of the molecule is BrC1=C2c3cccc4cccc(c34)C2c2ccccc[c+]21. The molecular weight excluding hydrogens is 320 g/mol. The lowest BCUT2D eigenvalue weighted by molar-refractivity contribution is 1.11. The summed E-state index contributed by atoms with van der Waals surface area (Å²) in [5.74, 6) is 0.378. The van der Waals surface area contributed by atoms with E-state index in [1.807, 2.05) is 0 Å². The molecule has 98 valence electrons. The van der Waals surface area contributed by atoms with Crippen LogP contribution in [0.15, 0.2) is 66.7 Å². The van der Waals surface area contributed by atoms with E-state index < -0.39 is 0 Å². The minimum absolute atomic E-state index is 0.378. The normalized spacial score (nSPS) is 18.0. The lowest BCUT2D eigenvalue weighted by Crippen LogP contribution is -1.93. The molecule has 0 N–H and O–H groups in total. The van der Waals surface area contributed by atoms with Gasteiger partial charge in [-0.2, -0.15) is 0 Å². The first-order valence-electron chi connectivity index (χ1n) is 7.20. The van der Waals surface area contributed by atoms with E-state index in [0.717, 1.165) is 0 Å². The topological polar surface area (TPSA) is 0 Å². The van der Waals surface area contributed by atoms with E-state index in [2.05, 4.69) is 82.7 Å². The van der Waals surface area contributed by atoms with Gasteiger partial charge in [0.2, 0.25) is 0 Å². The Balaban J connectivity index is 1.97. The van der Waals surface area contributed by atoms with Crippen molar-refractivity contribution >= 4 is 36.8 Å². The van der Waals surface area contributed by atoms with Gasteiger partial charge in [-0.05, 0) is 45.1 Å². The van der Waals surface area contributed by atoms with Crippen molar-refractivity contribution in [1.29, 1.82) is 0 Å². The van der Waals surface area contributed by atoms with Crippen molar-refractivity contribution in [3.63, 3.8) is 0 Å². The Morgan fingerprint density at radius 1 is 0.857 bits per heavy atom. The van der Waals surface area contributed by atoms with E-state index in [9.17, 15) is 0 Å². The second-order valence-electron chi connectivity index (χ2n) is 5.69. The number of rotatable bonds is 0. The number of hydrogen-bond acceptors (Lipinski definition) is 0. The molecule has 0 aromatic heterocycles. The van der Waals surface area contributed by atoms with Crippen LogP contribution in [0.2, 0.25) is 0 Å². The molecule has 1 heteroatoms. The molecule has 0 heterocycles. The van der Waals surface area contributed by atoms with Crippen LogP contribution in [0.3, 0.4) is 0 Å². The molecule has 2 aliphatic rings. The van der Waals surface area contributed by atoms with Crippen molar-refractivity contribution in [2.24, 2.45) is 0 Å². The van der Waals surface area contributed by atoms with Crippen LogP contribution in [0.1, 0.15) is 28.2 Å². The minimum Gasteiger partial charge on any atom is -0.0613 e. The quantitative estimate of drug-likeness (QED) is 0.454. The van der Waals surface area contributed by atoms with E-state index in [1.54, 1.807) is 0 Å². The molecule has 0 bridgehead atoms. The Morgan fingerprint density at radius 2 is 1.71 bits per heavy atom. The van der Waals surface area contributed by atoms with E-state index >= 15 is 0 Å². The minimum atomic E-state index is 0.378. The zero-order valence-corrected chi connectivity index (χ0v) is 12.9. The summed E-state index contributed by atoms with van der Waals surface area (Å²) >= 11 is 3.87. The Bertz CT molecular complexity index is 951. The fourth-order valence-electron chi connectivity index (χ4n) is 3.87. The van der Waals surface area contributed by atoms with Crippen molar-refractivity contribution in [1.82, 2.24) is 0 Å². The van der Waals surface area contributed by atoms with Gasteiger partial charge in [-0.25, -0.2) is 0 Å². The van der Waals surface area contributed by atoms with E-state index in [1.165, 1.54) is 43.1 Å². The largest absolute Gasteiger partial charge is 0.112 e. The third-order valence-corrected chi connectivity index (χ3v) is 5.54. The van der Waals surface area contributed by atoms with Gasteiger partial charge in [0.05, 0.1) is 22.6 Å². The van der Waals surface area contributed by atoms with Crippen LogP contribution in [0.5, 0.6) is 0 Å². The molecule has 0 saturated heterocycles. The fourth-order valence-corrected chi connectivity index (χ4v) is 4.68. The third-order valence-electron chi connectivity index (χ3n) is 4.68. The van der Waals surface area contributed by atoms with Gasteiger partial charge in [-0.3, -0.25) is 0 Å². The highest BCUT2D eigenvalue weighted by molar-refractivity contribution is 9.15. The molecule has 0 spiro atoms. The maximum atomic E-state index is 3.87. The monoisotopic (exact) mass is 331 g/mol. The Labute approximate surface area is 131 Å². The highest BCUT2D eigenvalue weighted by Crippen LogP contribution is 2.58. The molecule has 0 amide bonds.